The second-order valence-electron chi connectivity index (χ2n) is 8.61. The van der Waals surface area contributed by atoms with E-state index in [9.17, 15) is 0 Å². The Bertz CT molecular complexity index is 314. The highest BCUT2D eigenvalue weighted by molar-refractivity contribution is 5.00. The third-order valence-corrected chi connectivity index (χ3v) is 7.33. The van der Waals surface area contributed by atoms with Gasteiger partial charge >= 0.3 is 0 Å². The summed E-state index contributed by atoms with van der Waals surface area (Å²) in [5.74, 6) is 5.36. The van der Waals surface area contributed by atoms with E-state index in [1.165, 1.54) is 32.1 Å². The van der Waals surface area contributed by atoms with Gasteiger partial charge in [-0.2, -0.15) is 0 Å². The van der Waals surface area contributed by atoms with Crippen molar-refractivity contribution in [2.24, 2.45) is 35.0 Å². The van der Waals surface area contributed by atoms with Crippen molar-refractivity contribution in [3.8, 4) is 0 Å². The molecule has 116 valence electrons. The second kappa shape index (κ2) is 6.01. The molecule has 0 heterocycles. The summed E-state index contributed by atoms with van der Waals surface area (Å²) >= 11 is 0. The maximum absolute atomic E-state index is 2.52. The molecular weight excluding hydrogens is 240 g/mol. The Labute approximate surface area is 127 Å². The molecule has 0 heteroatoms. The van der Waals surface area contributed by atoms with Crippen LogP contribution in [0.25, 0.3) is 0 Å². The third-order valence-electron chi connectivity index (χ3n) is 7.33. The van der Waals surface area contributed by atoms with Crippen LogP contribution < -0.4 is 0 Å². The Morgan fingerprint density at radius 2 is 1.70 bits per heavy atom. The van der Waals surface area contributed by atoms with Gasteiger partial charge in [-0.25, -0.2) is 0 Å². The van der Waals surface area contributed by atoms with Crippen LogP contribution in [0.3, 0.4) is 0 Å². The van der Waals surface area contributed by atoms with Crippen LogP contribution in [0.1, 0.15) is 91.4 Å². The van der Waals surface area contributed by atoms with Crippen LogP contribution in [0.5, 0.6) is 0 Å². The third kappa shape index (κ3) is 3.09. The first kappa shape index (κ1) is 14.9. The lowest BCUT2D eigenvalue weighted by atomic mass is 9.76. The molecule has 5 atom stereocenters. The number of hydrogen-bond acceptors (Lipinski definition) is 0. The highest BCUT2D eigenvalue weighted by atomic mass is 14.5. The molecule has 0 aromatic heterocycles. The van der Waals surface area contributed by atoms with E-state index in [1.807, 2.05) is 0 Å². The van der Waals surface area contributed by atoms with Gasteiger partial charge in [-0.3, -0.25) is 0 Å². The molecule has 3 aliphatic rings. The van der Waals surface area contributed by atoms with Crippen molar-refractivity contribution in [3.63, 3.8) is 0 Å². The minimum atomic E-state index is 0.814. The van der Waals surface area contributed by atoms with Gasteiger partial charge in [-0.05, 0) is 80.0 Å². The Morgan fingerprint density at radius 1 is 0.900 bits per heavy atom. The van der Waals surface area contributed by atoms with E-state index in [-0.39, 0.29) is 0 Å². The molecule has 0 aromatic rings. The van der Waals surface area contributed by atoms with Crippen LogP contribution in [0.4, 0.5) is 0 Å². The van der Waals surface area contributed by atoms with Crippen LogP contribution in [-0.2, 0) is 0 Å². The van der Waals surface area contributed by atoms with Crippen molar-refractivity contribution in [3.05, 3.63) is 0 Å². The summed E-state index contributed by atoms with van der Waals surface area (Å²) in [6.45, 7) is 7.43. The normalized spacial score (nSPS) is 44.2. The first-order chi connectivity index (χ1) is 9.68. The fourth-order valence-electron chi connectivity index (χ4n) is 5.63. The molecule has 3 fully saturated rings. The van der Waals surface area contributed by atoms with Gasteiger partial charge in [-0.15, -0.1) is 0 Å². The molecule has 3 aliphatic carbocycles. The molecule has 0 bridgehead atoms. The summed E-state index contributed by atoms with van der Waals surface area (Å²) in [5, 5.41) is 0. The van der Waals surface area contributed by atoms with Gasteiger partial charge in [0.15, 0.2) is 0 Å². The van der Waals surface area contributed by atoms with E-state index in [1.54, 1.807) is 38.5 Å². The van der Waals surface area contributed by atoms with Crippen molar-refractivity contribution in [2.75, 3.05) is 0 Å². The van der Waals surface area contributed by atoms with E-state index >= 15 is 0 Å². The van der Waals surface area contributed by atoms with Crippen molar-refractivity contribution in [1.82, 2.24) is 0 Å². The second-order valence-corrected chi connectivity index (χ2v) is 8.61. The molecule has 0 aromatic carbocycles. The average molecular weight is 277 g/mol. The van der Waals surface area contributed by atoms with Crippen molar-refractivity contribution < 1.29 is 0 Å². The molecule has 3 saturated carbocycles. The predicted molar refractivity (Wildman–Crippen MR) is 87.7 cm³/mol. The van der Waals surface area contributed by atoms with Crippen LogP contribution in [0.15, 0.2) is 0 Å². The summed E-state index contributed by atoms with van der Waals surface area (Å²) in [6, 6.07) is 0. The zero-order chi connectivity index (χ0) is 14.2. The van der Waals surface area contributed by atoms with Crippen molar-refractivity contribution in [2.45, 2.75) is 91.4 Å². The Balaban J connectivity index is 1.66. The molecular formula is C20H36. The Hall–Kier alpha value is 0. The maximum Gasteiger partial charge on any atom is -0.0269 e. The van der Waals surface area contributed by atoms with E-state index < -0.39 is 0 Å². The first-order valence-corrected chi connectivity index (χ1v) is 9.68. The molecule has 5 unspecified atom stereocenters. The standard InChI is InChI=1S/C20H36/c1-4-16-9-10-20(11-12-20)18(5-2)8-6-7-15(3)13-17-14-19(16)17/h15-19H,4-14H2,1-3H3. The summed E-state index contributed by atoms with van der Waals surface area (Å²) in [6.07, 6.45) is 16.8. The minimum absolute atomic E-state index is 0.814. The van der Waals surface area contributed by atoms with E-state index in [0.29, 0.717) is 0 Å². The van der Waals surface area contributed by atoms with Crippen molar-refractivity contribution in [1.29, 1.82) is 0 Å². The quantitative estimate of drug-likeness (QED) is 0.544. The van der Waals surface area contributed by atoms with Crippen LogP contribution >= 0.6 is 0 Å². The number of fused-ring (bicyclic) bond motifs is 1. The highest BCUT2D eigenvalue weighted by Crippen LogP contribution is 2.60. The number of hydrogen-bond donors (Lipinski definition) is 0. The summed E-state index contributed by atoms with van der Waals surface area (Å²) < 4.78 is 0. The SMILES string of the molecule is CCC1CCC2(CC2)C(CC)CCCC(C)CC2CC12. The summed E-state index contributed by atoms with van der Waals surface area (Å²) in [5.41, 5.74) is 0.814. The zero-order valence-corrected chi connectivity index (χ0v) is 14.2. The van der Waals surface area contributed by atoms with Crippen LogP contribution in [0, 0.1) is 35.0 Å². The summed E-state index contributed by atoms with van der Waals surface area (Å²) in [4.78, 5) is 0. The van der Waals surface area contributed by atoms with Gasteiger partial charge in [0.1, 0.15) is 0 Å². The van der Waals surface area contributed by atoms with Crippen LogP contribution in [-0.4, -0.2) is 0 Å². The lowest BCUT2D eigenvalue weighted by Gasteiger charge is -2.29. The molecule has 0 N–H and O–H groups in total. The van der Waals surface area contributed by atoms with E-state index in [4.69, 9.17) is 0 Å². The number of rotatable bonds is 2. The highest BCUT2D eigenvalue weighted by Gasteiger charge is 2.49. The molecule has 0 saturated heterocycles. The van der Waals surface area contributed by atoms with E-state index in [2.05, 4.69) is 20.8 Å². The topological polar surface area (TPSA) is 0 Å². The monoisotopic (exact) mass is 276 g/mol. The van der Waals surface area contributed by atoms with Crippen molar-refractivity contribution >= 4 is 0 Å². The smallest absolute Gasteiger partial charge is 0.0269 e. The molecule has 0 amide bonds. The average Bonchev–Trinajstić information content (AvgIpc) is 3.33. The molecule has 0 radical (unpaired) electrons. The molecule has 3 rings (SSSR count). The largest absolute Gasteiger partial charge is 0.0651 e. The Morgan fingerprint density at radius 3 is 2.35 bits per heavy atom. The van der Waals surface area contributed by atoms with Gasteiger partial charge < -0.3 is 0 Å². The molecule has 1 spiro atoms. The maximum atomic E-state index is 2.52. The van der Waals surface area contributed by atoms with Gasteiger partial charge in [0.05, 0.1) is 0 Å². The predicted octanol–water partition coefficient (Wildman–Crippen LogP) is 6.45. The lowest BCUT2D eigenvalue weighted by Crippen LogP contribution is -2.19. The molecule has 20 heavy (non-hydrogen) atoms. The van der Waals surface area contributed by atoms with Gasteiger partial charge in [0.2, 0.25) is 0 Å². The zero-order valence-electron chi connectivity index (χ0n) is 14.2. The first-order valence-electron chi connectivity index (χ1n) is 9.68. The lowest BCUT2D eigenvalue weighted by molar-refractivity contribution is 0.215. The molecule has 0 nitrogen and oxygen atoms in total. The Kier molecular flexibility index (Phi) is 4.48. The minimum Gasteiger partial charge on any atom is -0.0651 e. The van der Waals surface area contributed by atoms with Gasteiger partial charge in [-0.1, -0.05) is 46.5 Å². The summed E-state index contributed by atoms with van der Waals surface area (Å²) in [7, 11) is 0. The fraction of sp³-hybridized carbons (Fsp3) is 1.00. The van der Waals surface area contributed by atoms with Crippen LogP contribution in [0.2, 0.25) is 0 Å². The van der Waals surface area contributed by atoms with Gasteiger partial charge in [0.25, 0.3) is 0 Å². The van der Waals surface area contributed by atoms with Gasteiger partial charge in [0, 0.05) is 0 Å². The molecule has 0 aliphatic heterocycles. The fourth-order valence-corrected chi connectivity index (χ4v) is 5.63. The van der Waals surface area contributed by atoms with E-state index in [0.717, 1.165) is 35.0 Å².